The minimum absolute atomic E-state index is 0. The van der Waals surface area contributed by atoms with Crippen LogP contribution in [0.5, 0.6) is 0 Å². The number of benzene rings is 4. The van der Waals surface area contributed by atoms with Crippen molar-refractivity contribution in [3.05, 3.63) is 176 Å². The van der Waals surface area contributed by atoms with E-state index in [1.54, 1.807) is 0 Å². The topological polar surface area (TPSA) is 0 Å². The van der Waals surface area contributed by atoms with Gasteiger partial charge in [0.25, 0.3) is 0 Å². The average molecular weight is 859 g/mol. The van der Waals surface area contributed by atoms with Crippen molar-refractivity contribution >= 4 is 14.4 Å². The molecule has 5 aromatic carbocycles. The molecular formula is C53H60Cl2Zr-2. The standard InChI is InChI=1S/C27H29.C15H14.C11H17.2ClH.Zr/c1-16-7-9-26(3,4)24-12-18-11-19-13-25-21(17(2)8-10-27(25,5)6)15-23(19)22(18)14-20(16)24;1-12-3-7-14(8-4-12)11-15-9-5-13(2)6-10-15;1-5-9-6-7-10(8-9)11(2,3)4;;;/h7-9,12-15H,10-11H2,1-6H3;3-10H,1-2H3;6-8H,5H2,1-4H3;2*1H;/q-1;;-1;;;+2/p-2. The van der Waals surface area contributed by atoms with E-state index >= 15 is 0 Å². The van der Waals surface area contributed by atoms with E-state index < -0.39 is 0 Å². The second-order valence-electron chi connectivity index (χ2n) is 18.2. The first-order valence-electron chi connectivity index (χ1n) is 19.9. The summed E-state index contributed by atoms with van der Waals surface area (Å²) in [6.07, 6.45) is 10.4. The maximum absolute atomic E-state index is 2.51. The molecule has 5 aromatic rings. The average Bonchev–Trinajstić information content (AvgIpc) is 3.77. The molecule has 0 spiro atoms. The number of fused-ring (bicyclic) bond motifs is 5. The third-order valence-electron chi connectivity index (χ3n) is 11.9. The molecule has 56 heavy (non-hydrogen) atoms. The fraction of sp³-hybridized carbons (Fsp3) is 0.340. The Kier molecular flexibility index (Phi) is 14.5. The predicted octanol–water partition coefficient (Wildman–Crippen LogP) is 7.93. The summed E-state index contributed by atoms with van der Waals surface area (Å²) in [7, 11) is 0. The molecule has 0 N–H and O–H groups in total. The third-order valence-corrected chi connectivity index (χ3v) is 13.3. The van der Waals surface area contributed by atoms with Crippen LogP contribution in [0.4, 0.5) is 0 Å². The fourth-order valence-corrected chi connectivity index (χ4v) is 8.78. The molecule has 0 saturated heterocycles. The monoisotopic (exact) mass is 856 g/mol. The molecule has 0 bridgehead atoms. The van der Waals surface area contributed by atoms with E-state index in [1.807, 2.05) is 0 Å². The van der Waals surface area contributed by atoms with Crippen molar-refractivity contribution in [2.24, 2.45) is 0 Å². The van der Waals surface area contributed by atoms with Crippen LogP contribution in [0.1, 0.15) is 142 Å². The Labute approximate surface area is 366 Å². The van der Waals surface area contributed by atoms with Crippen LogP contribution in [0.2, 0.25) is 0 Å². The minimum atomic E-state index is 0. The zero-order valence-electron chi connectivity index (χ0n) is 35.8. The summed E-state index contributed by atoms with van der Waals surface area (Å²) >= 11 is 1.46. The number of aryl methyl sites for hydroxylation is 3. The molecule has 0 heterocycles. The molecule has 0 aromatic heterocycles. The fourth-order valence-electron chi connectivity index (χ4n) is 7.96. The number of allylic oxidation sites excluding steroid dienone is 4. The third kappa shape index (κ3) is 9.77. The molecule has 8 rings (SSSR count). The van der Waals surface area contributed by atoms with Gasteiger partial charge in [-0.2, -0.15) is 28.8 Å². The number of rotatable bonds is 3. The molecule has 0 amide bonds. The van der Waals surface area contributed by atoms with Crippen LogP contribution < -0.4 is 24.8 Å². The van der Waals surface area contributed by atoms with Crippen molar-refractivity contribution in [2.75, 3.05) is 0 Å². The van der Waals surface area contributed by atoms with Crippen LogP contribution in [0.3, 0.4) is 0 Å². The first-order chi connectivity index (χ1) is 25.4. The second-order valence-corrected chi connectivity index (χ2v) is 19.4. The molecular weight excluding hydrogens is 799 g/mol. The maximum Gasteiger partial charge on any atom is -1.00 e. The predicted molar refractivity (Wildman–Crippen MR) is 233 cm³/mol. The Morgan fingerprint density at radius 1 is 0.679 bits per heavy atom. The van der Waals surface area contributed by atoms with Gasteiger partial charge in [0, 0.05) is 0 Å². The first kappa shape index (κ1) is 45.6. The largest absolute Gasteiger partial charge is 1.00 e. The van der Waals surface area contributed by atoms with Crippen molar-refractivity contribution < 1.29 is 49.0 Å². The van der Waals surface area contributed by atoms with Crippen LogP contribution in [0, 0.1) is 20.3 Å². The Hall–Kier alpha value is -3.09. The molecule has 3 aliphatic carbocycles. The van der Waals surface area contributed by atoms with E-state index in [1.165, 1.54) is 116 Å². The van der Waals surface area contributed by atoms with Crippen molar-refractivity contribution in [3.63, 3.8) is 0 Å². The van der Waals surface area contributed by atoms with Gasteiger partial charge >= 0.3 is 112 Å². The van der Waals surface area contributed by atoms with Crippen molar-refractivity contribution in [3.8, 4) is 11.1 Å². The molecule has 292 valence electrons. The Morgan fingerprint density at radius 2 is 1.18 bits per heavy atom. The molecule has 0 aliphatic heterocycles. The van der Waals surface area contributed by atoms with Crippen LogP contribution in [-0.4, -0.2) is 3.21 Å². The molecule has 0 radical (unpaired) electrons. The molecule has 3 aliphatic rings. The van der Waals surface area contributed by atoms with E-state index in [-0.39, 0.29) is 35.6 Å². The van der Waals surface area contributed by atoms with Gasteiger partial charge in [0.15, 0.2) is 0 Å². The molecule has 0 fully saturated rings. The van der Waals surface area contributed by atoms with Crippen LogP contribution in [-0.2, 0) is 53.3 Å². The second kappa shape index (κ2) is 17.8. The van der Waals surface area contributed by atoms with Crippen LogP contribution in [0.25, 0.3) is 22.3 Å². The Morgan fingerprint density at radius 3 is 1.64 bits per heavy atom. The van der Waals surface area contributed by atoms with Gasteiger partial charge in [-0.25, -0.2) is 18.6 Å². The van der Waals surface area contributed by atoms with Gasteiger partial charge < -0.3 is 24.8 Å². The number of hydrogen-bond acceptors (Lipinski definition) is 0. The van der Waals surface area contributed by atoms with Gasteiger partial charge in [0.1, 0.15) is 0 Å². The van der Waals surface area contributed by atoms with Gasteiger partial charge in [-0.1, -0.05) is 102 Å². The van der Waals surface area contributed by atoms with Crippen molar-refractivity contribution in [2.45, 2.75) is 119 Å². The van der Waals surface area contributed by atoms with E-state index in [0.717, 1.165) is 19.3 Å². The Balaban J connectivity index is 0.000000205. The molecule has 3 heteroatoms. The normalized spacial score (nSPS) is 15.2. The van der Waals surface area contributed by atoms with Gasteiger partial charge in [-0.05, 0) is 70.2 Å². The minimum Gasteiger partial charge on any atom is -1.00 e. The zero-order chi connectivity index (χ0) is 39.2. The van der Waals surface area contributed by atoms with Crippen LogP contribution in [0.15, 0.2) is 103 Å². The van der Waals surface area contributed by atoms with E-state index in [9.17, 15) is 0 Å². The maximum atomic E-state index is 2.51. The SMILES string of the molecule is CC1=C[CH-]C(C)(C)c2cc3c(cc21)-c1cc2c(cc1C3)C(C)(C)CC=C2C.CCc1cc(C(C)(C)C)c[cH-]1.Cc1ccc([C](=[Zr+2])c2ccc(C)cc2)cc1.[Cl-].[Cl-]. The molecule has 0 saturated carbocycles. The molecule has 0 atom stereocenters. The quantitative estimate of drug-likeness (QED) is 0.159. The van der Waals surface area contributed by atoms with E-state index in [4.69, 9.17) is 0 Å². The van der Waals surface area contributed by atoms with E-state index in [2.05, 4.69) is 193 Å². The van der Waals surface area contributed by atoms with Gasteiger partial charge in [0.05, 0.1) is 0 Å². The van der Waals surface area contributed by atoms with Gasteiger partial charge in [-0.15, -0.1) is 12.5 Å². The summed E-state index contributed by atoms with van der Waals surface area (Å²) in [5.41, 5.74) is 23.5. The number of halogens is 2. The van der Waals surface area contributed by atoms with Crippen LogP contribution >= 0.6 is 0 Å². The summed E-state index contributed by atoms with van der Waals surface area (Å²) in [5, 5.41) is 0. The summed E-state index contributed by atoms with van der Waals surface area (Å²) in [6, 6.07) is 34.2. The first-order valence-corrected chi connectivity index (χ1v) is 21.1. The number of hydrogen-bond donors (Lipinski definition) is 0. The summed E-state index contributed by atoms with van der Waals surface area (Å²) in [5.74, 6) is 0. The Bertz CT molecular complexity index is 2110. The molecule has 0 unspecified atom stereocenters. The smallest absolute Gasteiger partial charge is 1.00 e. The summed E-state index contributed by atoms with van der Waals surface area (Å²) < 4.78 is 1.42. The molecule has 0 nitrogen and oxygen atoms in total. The van der Waals surface area contributed by atoms with Gasteiger partial charge in [0.2, 0.25) is 0 Å². The van der Waals surface area contributed by atoms with Gasteiger partial charge in [-0.3, -0.25) is 0 Å². The zero-order valence-corrected chi connectivity index (χ0v) is 39.7. The summed E-state index contributed by atoms with van der Waals surface area (Å²) in [4.78, 5) is 0. The summed E-state index contributed by atoms with van der Waals surface area (Å²) in [6.45, 7) is 27.1. The van der Waals surface area contributed by atoms with Crippen molar-refractivity contribution in [1.82, 2.24) is 0 Å². The van der Waals surface area contributed by atoms with Crippen molar-refractivity contribution in [1.29, 1.82) is 0 Å². The van der Waals surface area contributed by atoms with E-state index in [0.29, 0.717) is 5.41 Å².